The lowest BCUT2D eigenvalue weighted by Gasteiger charge is -2.08. The van der Waals surface area contributed by atoms with Crippen LogP contribution in [0.25, 0.3) is 0 Å². The third kappa shape index (κ3) is 9.70. The highest BCUT2D eigenvalue weighted by atomic mass is 16.5. The van der Waals surface area contributed by atoms with E-state index in [9.17, 15) is 28.8 Å². The molecule has 0 bridgehead atoms. The molecular weight excluding hydrogens is 600 g/mol. The van der Waals surface area contributed by atoms with Crippen LogP contribution in [-0.2, 0) is 19.1 Å². The Morgan fingerprint density at radius 1 is 0.447 bits per heavy atom. The molecule has 0 saturated carbocycles. The van der Waals surface area contributed by atoms with E-state index in [0.29, 0.717) is 22.6 Å². The summed E-state index contributed by atoms with van der Waals surface area (Å²) in [4.78, 5) is 72.6. The zero-order valence-corrected chi connectivity index (χ0v) is 25.3. The van der Waals surface area contributed by atoms with Crippen molar-refractivity contribution in [2.45, 2.75) is 13.8 Å². The first kappa shape index (κ1) is 33.3. The van der Waals surface area contributed by atoms with Crippen LogP contribution in [0.3, 0.4) is 0 Å². The molecule has 0 unspecified atom stereocenters. The maximum Gasteiger partial charge on any atom is 0.303 e. The molecule has 47 heavy (non-hydrogen) atoms. The molecule has 0 amide bonds. The average Bonchev–Trinajstić information content (AvgIpc) is 3.08. The van der Waals surface area contributed by atoms with E-state index in [-0.39, 0.29) is 35.5 Å². The third-order valence-corrected chi connectivity index (χ3v) is 6.34. The van der Waals surface area contributed by atoms with Crippen LogP contribution < -0.4 is 4.74 Å². The van der Waals surface area contributed by atoms with Crippen LogP contribution in [0.2, 0.25) is 0 Å². The monoisotopic (exact) mass is 626 g/mol. The van der Waals surface area contributed by atoms with E-state index in [1.54, 1.807) is 24.3 Å². The minimum atomic E-state index is -0.695. The Balaban J connectivity index is 1.32. The van der Waals surface area contributed by atoms with E-state index in [1.165, 1.54) is 86.6 Å². The van der Waals surface area contributed by atoms with Gasteiger partial charge in [-0.05, 0) is 97.1 Å². The summed E-state index contributed by atoms with van der Waals surface area (Å²) in [7, 11) is 0. The van der Waals surface area contributed by atoms with Gasteiger partial charge in [-0.25, -0.2) is 0 Å². The molecule has 0 aliphatic heterocycles. The summed E-state index contributed by atoms with van der Waals surface area (Å²) in [6, 6.07) is 24.4. The van der Waals surface area contributed by atoms with E-state index in [0.717, 1.165) is 0 Å². The highest BCUT2D eigenvalue weighted by molar-refractivity contribution is 6.49. The van der Waals surface area contributed by atoms with Gasteiger partial charge in [0.2, 0.25) is 23.1 Å². The Labute approximate surface area is 270 Å². The Morgan fingerprint density at radius 2 is 0.723 bits per heavy atom. The summed E-state index contributed by atoms with van der Waals surface area (Å²) in [5, 5.41) is 0. The first-order valence-corrected chi connectivity index (χ1v) is 14.1. The SMILES string of the molecule is CC(=O)OCC#Cc1ccc(C(=O)C(=O)c2ccc(Oc3ccc(C(=O)C(=O)c4ccc(C#CCOC(C)=O)cc4)cc3)cc2)cc1. The van der Waals surface area contributed by atoms with E-state index in [2.05, 4.69) is 23.7 Å². The largest absolute Gasteiger partial charge is 0.457 e. The number of esters is 2. The van der Waals surface area contributed by atoms with Crippen molar-refractivity contribution in [3.63, 3.8) is 0 Å². The van der Waals surface area contributed by atoms with Gasteiger partial charge in [0, 0.05) is 47.2 Å². The molecule has 4 aromatic rings. The Morgan fingerprint density at radius 3 is 1.00 bits per heavy atom. The molecule has 9 nitrogen and oxygen atoms in total. The van der Waals surface area contributed by atoms with Crippen LogP contribution >= 0.6 is 0 Å². The smallest absolute Gasteiger partial charge is 0.303 e. The molecule has 0 radical (unpaired) electrons. The fourth-order valence-electron chi connectivity index (χ4n) is 3.97. The molecule has 0 saturated heterocycles. The van der Waals surface area contributed by atoms with Crippen molar-refractivity contribution in [1.82, 2.24) is 0 Å². The molecule has 9 heteroatoms. The van der Waals surface area contributed by atoms with E-state index in [4.69, 9.17) is 14.2 Å². The molecule has 232 valence electrons. The van der Waals surface area contributed by atoms with Crippen LogP contribution in [0.15, 0.2) is 97.1 Å². The van der Waals surface area contributed by atoms with Crippen molar-refractivity contribution >= 4 is 35.1 Å². The molecule has 0 aliphatic carbocycles. The van der Waals surface area contributed by atoms with Gasteiger partial charge < -0.3 is 14.2 Å². The van der Waals surface area contributed by atoms with Crippen molar-refractivity contribution in [2.75, 3.05) is 13.2 Å². The van der Waals surface area contributed by atoms with Gasteiger partial charge in [-0.15, -0.1) is 0 Å². The molecule has 0 aliphatic rings. The predicted molar refractivity (Wildman–Crippen MR) is 170 cm³/mol. The number of ketones is 4. The van der Waals surface area contributed by atoms with Crippen LogP contribution in [0.5, 0.6) is 11.5 Å². The Kier molecular flexibility index (Phi) is 11.3. The maximum atomic E-state index is 12.8. The molecule has 0 spiro atoms. The second-order valence-electron chi connectivity index (χ2n) is 9.79. The summed E-state index contributed by atoms with van der Waals surface area (Å²) in [5.74, 6) is 8.11. The zero-order chi connectivity index (χ0) is 33.8. The normalized spacial score (nSPS) is 9.83. The first-order chi connectivity index (χ1) is 22.6. The summed E-state index contributed by atoms with van der Waals surface area (Å²) < 4.78 is 15.3. The second kappa shape index (κ2) is 15.9. The maximum absolute atomic E-state index is 12.8. The molecule has 0 aromatic heterocycles. The lowest BCUT2D eigenvalue weighted by atomic mass is 10.0. The van der Waals surface area contributed by atoms with Gasteiger partial charge in [0.25, 0.3) is 0 Å². The number of rotatable bonds is 10. The number of ether oxygens (including phenoxy) is 3. The van der Waals surface area contributed by atoms with E-state index < -0.39 is 35.1 Å². The van der Waals surface area contributed by atoms with E-state index in [1.807, 2.05) is 0 Å². The number of carbonyl (C=O) groups excluding carboxylic acids is 6. The molecule has 0 atom stereocenters. The van der Waals surface area contributed by atoms with Gasteiger partial charge in [0.15, 0.2) is 13.2 Å². The lowest BCUT2D eigenvalue weighted by molar-refractivity contribution is -0.140. The predicted octanol–water partition coefficient (Wildman–Crippen LogP) is 5.44. The standard InChI is InChI=1S/C38H26O9/c1-25(39)45-23-3-5-27-7-11-29(12-8-27)35(41)37(43)31-15-19-33(20-16-31)47-34-21-17-32(18-22-34)38(44)36(42)30-13-9-28(10-14-30)6-4-24-46-26(2)40/h7-22H,23-24H2,1-2H3. The topological polar surface area (TPSA) is 130 Å². The quantitative estimate of drug-likeness (QED) is 0.0978. The average molecular weight is 627 g/mol. The van der Waals surface area contributed by atoms with Crippen molar-refractivity contribution in [3.8, 4) is 35.2 Å². The molecule has 4 rings (SSSR count). The molecule has 4 aromatic carbocycles. The van der Waals surface area contributed by atoms with Crippen molar-refractivity contribution < 1.29 is 43.0 Å². The van der Waals surface area contributed by atoms with Gasteiger partial charge in [-0.3, -0.25) is 28.8 Å². The summed E-state index contributed by atoms with van der Waals surface area (Å²) in [6.07, 6.45) is 0. The van der Waals surface area contributed by atoms with Crippen LogP contribution in [-0.4, -0.2) is 48.3 Å². The molecule has 0 heterocycles. The minimum absolute atomic E-state index is 0.0447. The van der Waals surface area contributed by atoms with Crippen LogP contribution in [0.4, 0.5) is 0 Å². The van der Waals surface area contributed by atoms with Crippen molar-refractivity contribution in [3.05, 3.63) is 130 Å². The van der Waals surface area contributed by atoms with Gasteiger partial charge in [-0.2, -0.15) is 0 Å². The molecule has 0 fully saturated rings. The van der Waals surface area contributed by atoms with Crippen molar-refractivity contribution in [1.29, 1.82) is 0 Å². The zero-order valence-electron chi connectivity index (χ0n) is 25.3. The Bertz CT molecular complexity index is 1800. The highest BCUT2D eigenvalue weighted by Gasteiger charge is 2.20. The number of hydrogen-bond donors (Lipinski definition) is 0. The molecular formula is C38H26O9. The summed E-state index contributed by atoms with van der Waals surface area (Å²) in [5.41, 5.74) is 1.95. The number of benzene rings is 4. The van der Waals surface area contributed by atoms with Crippen LogP contribution in [0, 0.1) is 23.7 Å². The second-order valence-corrected chi connectivity index (χ2v) is 9.79. The van der Waals surface area contributed by atoms with Crippen molar-refractivity contribution in [2.24, 2.45) is 0 Å². The first-order valence-electron chi connectivity index (χ1n) is 14.1. The van der Waals surface area contributed by atoms with E-state index >= 15 is 0 Å². The summed E-state index contributed by atoms with van der Waals surface area (Å²) >= 11 is 0. The number of Topliss-reactive ketones (excluding diaryl/α,β-unsaturated/α-hetero) is 4. The highest BCUT2D eigenvalue weighted by Crippen LogP contribution is 2.23. The fourth-order valence-corrected chi connectivity index (χ4v) is 3.97. The summed E-state index contributed by atoms with van der Waals surface area (Å²) in [6.45, 7) is 2.48. The Hall–Kier alpha value is -6.58. The van der Waals surface area contributed by atoms with Gasteiger partial charge >= 0.3 is 11.9 Å². The van der Waals surface area contributed by atoms with Gasteiger partial charge in [0.1, 0.15) is 11.5 Å². The fraction of sp³-hybridized carbons (Fsp3) is 0.105. The molecule has 0 N–H and O–H groups in total. The number of hydrogen-bond acceptors (Lipinski definition) is 9. The van der Waals surface area contributed by atoms with Gasteiger partial charge in [-0.1, -0.05) is 23.7 Å². The lowest BCUT2D eigenvalue weighted by Crippen LogP contribution is -2.14. The third-order valence-electron chi connectivity index (χ3n) is 6.34. The van der Waals surface area contributed by atoms with Gasteiger partial charge in [0.05, 0.1) is 0 Å². The number of carbonyl (C=O) groups is 6. The van der Waals surface area contributed by atoms with Crippen LogP contribution in [0.1, 0.15) is 66.4 Å². The minimum Gasteiger partial charge on any atom is -0.457 e.